The van der Waals surface area contributed by atoms with Crippen LogP contribution in [0.3, 0.4) is 0 Å². The second-order valence-electron chi connectivity index (χ2n) is 2.98. The number of aliphatic hydroxyl groups is 6. The van der Waals surface area contributed by atoms with Crippen LogP contribution in [0.5, 0.6) is 0 Å². The minimum absolute atomic E-state index is 0.726. The van der Waals surface area contributed by atoms with Crippen molar-refractivity contribution in [2.24, 2.45) is 0 Å². The van der Waals surface area contributed by atoms with E-state index in [9.17, 15) is 8.42 Å². The van der Waals surface area contributed by atoms with Crippen LogP contribution in [0.25, 0.3) is 0 Å². The maximum Gasteiger partial charge on any atom is 0.317 e. The second-order valence-corrected chi connectivity index (χ2v) is 4.40. The SMILES string of the molecule is O=S(O)OS(=O)O.OC[C@@H](O)[C@@H](O)[C@H](O)[C@H](O)CO. The predicted octanol–water partition coefficient (Wildman–Crippen LogP) is -4.31. The summed E-state index contributed by atoms with van der Waals surface area (Å²) in [4.78, 5) is 0. The Hall–Kier alpha value is -0.0600. The van der Waals surface area contributed by atoms with Gasteiger partial charge in [0.05, 0.1) is 13.2 Å². The number of hydrogen-bond acceptors (Lipinski definition) is 9. The van der Waals surface area contributed by atoms with Gasteiger partial charge in [-0.15, -0.1) is 3.63 Å². The topological polar surface area (TPSA) is 205 Å². The Bertz CT molecular complexity index is 248. The molecule has 0 aromatic rings. The molecule has 0 aliphatic carbocycles. The lowest BCUT2D eigenvalue weighted by Gasteiger charge is -2.24. The summed E-state index contributed by atoms with van der Waals surface area (Å²) in [5.74, 6) is 0. The zero-order chi connectivity index (χ0) is 15.6. The molecule has 0 aliphatic heterocycles. The first kappa shape index (κ1) is 21.2. The maximum absolute atomic E-state index is 9.35. The minimum atomic E-state index is -2.65. The zero-order valence-electron chi connectivity index (χ0n) is 9.34. The third-order valence-electron chi connectivity index (χ3n) is 1.63. The van der Waals surface area contributed by atoms with E-state index in [0.29, 0.717) is 0 Å². The molecule has 11 nitrogen and oxygen atoms in total. The summed E-state index contributed by atoms with van der Waals surface area (Å²) in [5.41, 5.74) is 0. The minimum Gasteiger partial charge on any atom is -0.394 e. The van der Waals surface area contributed by atoms with E-state index < -0.39 is 60.4 Å². The Morgan fingerprint density at radius 3 is 1.16 bits per heavy atom. The predicted molar refractivity (Wildman–Crippen MR) is 60.8 cm³/mol. The summed E-state index contributed by atoms with van der Waals surface area (Å²) in [6.45, 7) is -1.45. The van der Waals surface area contributed by atoms with Crippen molar-refractivity contribution in [2.75, 3.05) is 13.2 Å². The van der Waals surface area contributed by atoms with E-state index in [4.69, 9.17) is 39.7 Å². The summed E-state index contributed by atoms with van der Waals surface area (Å²) in [6, 6.07) is 0. The summed E-state index contributed by atoms with van der Waals surface area (Å²) < 4.78 is 37.2. The highest BCUT2D eigenvalue weighted by molar-refractivity contribution is 7.87. The number of rotatable bonds is 7. The van der Waals surface area contributed by atoms with Gasteiger partial charge in [-0.1, -0.05) is 0 Å². The van der Waals surface area contributed by atoms with Crippen LogP contribution in [0.15, 0.2) is 0 Å². The van der Waals surface area contributed by atoms with Crippen molar-refractivity contribution in [1.29, 1.82) is 0 Å². The van der Waals surface area contributed by atoms with Gasteiger partial charge in [-0.3, -0.25) is 9.11 Å². The Labute approximate surface area is 113 Å². The van der Waals surface area contributed by atoms with Crippen molar-refractivity contribution in [2.45, 2.75) is 24.4 Å². The molecule has 0 radical (unpaired) electrons. The first-order chi connectivity index (χ1) is 8.67. The van der Waals surface area contributed by atoms with Gasteiger partial charge in [0.1, 0.15) is 24.4 Å². The summed E-state index contributed by atoms with van der Waals surface area (Å²) in [6.07, 6.45) is -6.39. The molecule has 0 aromatic heterocycles. The lowest BCUT2D eigenvalue weighted by Crippen LogP contribution is -2.46. The first-order valence-electron chi connectivity index (χ1n) is 4.51. The molecule has 19 heavy (non-hydrogen) atoms. The first-order valence-corrected chi connectivity index (χ1v) is 6.58. The maximum atomic E-state index is 9.35. The molecular formula is C6H16O11S2. The van der Waals surface area contributed by atoms with E-state index in [1.54, 1.807) is 0 Å². The molecule has 0 heterocycles. The Balaban J connectivity index is 0. The van der Waals surface area contributed by atoms with Crippen molar-refractivity contribution in [3.05, 3.63) is 0 Å². The highest BCUT2D eigenvalue weighted by Gasteiger charge is 2.29. The molecule has 0 saturated heterocycles. The molecule has 0 aliphatic rings. The van der Waals surface area contributed by atoms with Gasteiger partial charge in [-0.25, -0.2) is 0 Å². The van der Waals surface area contributed by atoms with Gasteiger partial charge in [-0.2, -0.15) is 8.42 Å². The second kappa shape index (κ2) is 11.7. The van der Waals surface area contributed by atoms with Crippen LogP contribution in [0.4, 0.5) is 0 Å². The fourth-order valence-corrected chi connectivity index (χ4v) is 1.12. The Morgan fingerprint density at radius 2 is 1.05 bits per heavy atom. The standard InChI is InChI=1S/C6H14O6.H2O5S2/c7-1-3(9)5(11)6(12)4(10)2-8;1-6(2)5-7(3)4/h3-12H,1-2H2;(H,1,2)(H,3,4)/t3-,4-,5-,6-;/m1./s1. The summed E-state index contributed by atoms with van der Waals surface area (Å²) >= 11 is -5.29. The van der Waals surface area contributed by atoms with Crippen molar-refractivity contribution in [3.63, 3.8) is 0 Å². The molecule has 0 aromatic carbocycles. The van der Waals surface area contributed by atoms with Crippen LogP contribution in [0.1, 0.15) is 0 Å². The third kappa shape index (κ3) is 11.5. The van der Waals surface area contributed by atoms with Gasteiger partial charge in [0.2, 0.25) is 0 Å². The van der Waals surface area contributed by atoms with Gasteiger partial charge >= 0.3 is 22.7 Å². The Morgan fingerprint density at radius 1 is 0.789 bits per heavy atom. The van der Waals surface area contributed by atoms with Crippen molar-refractivity contribution in [3.8, 4) is 0 Å². The fraction of sp³-hybridized carbons (Fsp3) is 1.00. The van der Waals surface area contributed by atoms with Crippen LogP contribution in [0.2, 0.25) is 0 Å². The van der Waals surface area contributed by atoms with E-state index in [1.165, 1.54) is 0 Å². The van der Waals surface area contributed by atoms with Crippen LogP contribution in [-0.4, -0.2) is 85.8 Å². The van der Waals surface area contributed by atoms with Crippen LogP contribution >= 0.6 is 0 Å². The molecule has 8 N–H and O–H groups in total. The molecule has 118 valence electrons. The number of aliphatic hydroxyl groups excluding tert-OH is 6. The van der Waals surface area contributed by atoms with Crippen LogP contribution in [-0.2, 0) is 26.4 Å². The van der Waals surface area contributed by atoms with Gasteiger partial charge in [0, 0.05) is 0 Å². The van der Waals surface area contributed by atoms with Gasteiger partial charge in [0.25, 0.3) is 0 Å². The van der Waals surface area contributed by atoms with Crippen molar-refractivity contribution < 1.29 is 51.8 Å². The Kier molecular flexibility index (Phi) is 13.1. The van der Waals surface area contributed by atoms with Gasteiger partial charge in [-0.05, 0) is 0 Å². The van der Waals surface area contributed by atoms with Crippen LogP contribution < -0.4 is 0 Å². The highest BCUT2D eigenvalue weighted by Crippen LogP contribution is 2.03. The molecule has 0 spiro atoms. The highest BCUT2D eigenvalue weighted by atomic mass is 32.3. The zero-order valence-corrected chi connectivity index (χ0v) is 11.0. The van der Waals surface area contributed by atoms with Crippen LogP contribution in [0, 0.1) is 0 Å². The third-order valence-corrected chi connectivity index (χ3v) is 2.56. The molecule has 0 unspecified atom stereocenters. The van der Waals surface area contributed by atoms with E-state index in [0.717, 1.165) is 0 Å². The van der Waals surface area contributed by atoms with E-state index in [1.807, 2.05) is 0 Å². The normalized spacial score (nSPS) is 20.4. The number of hydrogen-bond donors (Lipinski definition) is 8. The lowest BCUT2D eigenvalue weighted by molar-refractivity contribution is -0.123. The molecule has 0 bridgehead atoms. The van der Waals surface area contributed by atoms with E-state index in [-0.39, 0.29) is 0 Å². The molecule has 4 atom stereocenters. The average molecular weight is 328 g/mol. The average Bonchev–Trinajstić information content (AvgIpc) is 2.34. The van der Waals surface area contributed by atoms with Gasteiger partial charge < -0.3 is 30.6 Å². The molecule has 13 heteroatoms. The summed E-state index contributed by atoms with van der Waals surface area (Å²) in [7, 11) is 0. The van der Waals surface area contributed by atoms with Crippen molar-refractivity contribution in [1.82, 2.24) is 0 Å². The lowest BCUT2D eigenvalue weighted by atomic mass is 10.0. The van der Waals surface area contributed by atoms with Gasteiger partial charge in [0.15, 0.2) is 0 Å². The largest absolute Gasteiger partial charge is 0.394 e. The molecule has 0 saturated carbocycles. The molecule has 0 fully saturated rings. The quantitative estimate of drug-likeness (QED) is 0.210. The van der Waals surface area contributed by atoms with E-state index in [2.05, 4.69) is 3.63 Å². The molecular weight excluding hydrogens is 312 g/mol. The van der Waals surface area contributed by atoms with Crippen molar-refractivity contribution >= 4 is 22.7 Å². The monoisotopic (exact) mass is 328 g/mol. The smallest absolute Gasteiger partial charge is 0.317 e. The summed E-state index contributed by atoms with van der Waals surface area (Å²) in [5, 5.41) is 52.2. The van der Waals surface area contributed by atoms with E-state index >= 15 is 0 Å². The fourth-order valence-electron chi connectivity index (χ4n) is 0.721. The molecule has 0 rings (SSSR count). The molecule has 0 amide bonds.